The zero-order chi connectivity index (χ0) is 12.5. The molecule has 0 amide bonds. The molecule has 0 fully saturated rings. The molecule has 0 saturated heterocycles. The minimum atomic E-state index is -0.325. The minimum absolute atomic E-state index is 0.187. The molecule has 3 aromatic rings. The van der Waals surface area contributed by atoms with E-state index in [0.717, 1.165) is 0 Å². The average molecular weight is 240 g/mol. The van der Waals surface area contributed by atoms with Gasteiger partial charge in [-0.15, -0.1) is 0 Å². The first-order valence-electron chi connectivity index (χ1n) is 5.48. The van der Waals surface area contributed by atoms with Crippen LogP contribution in [0.1, 0.15) is 0 Å². The number of fused-ring (bicyclic) bond motifs is 1. The molecule has 4 heteroatoms. The Morgan fingerprint density at radius 1 is 1.06 bits per heavy atom. The van der Waals surface area contributed by atoms with Crippen molar-refractivity contribution < 1.29 is 4.39 Å². The maximum Gasteiger partial charge on any atom is 0.256 e. The predicted molar refractivity (Wildman–Crippen MR) is 67.3 cm³/mol. The molecule has 88 valence electrons. The topological polar surface area (TPSA) is 34.9 Å². The van der Waals surface area contributed by atoms with Gasteiger partial charge in [0.2, 0.25) is 0 Å². The number of hydrogen-bond acceptors (Lipinski definition) is 2. The van der Waals surface area contributed by atoms with E-state index < -0.39 is 0 Å². The van der Waals surface area contributed by atoms with E-state index >= 15 is 0 Å². The van der Waals surface area contributed by atoms with Crippen LogP contribution in [0.2, 0.25) is 0 Å². The summed E-state index contributed by atoms with van der Waals surface area (Å²) in [6.45, 7) is 0. The molecular weight excluding hydrogens is 231 g/mol. The highest BCUT2D eigenvalue weighted by Gasteiger charge is 2.06. The lowest BCUT2D eigenvalue weighted by atomic mass is 10.2. The number of pyridine rings is 2. The fourth-order valence-electron chi connectivity index (χ4n) is 1.94. The Hall–Kier alpha value is -2.49. The van der Waals surface area contributed by atoms with Crippen LogP contribution in [0.4, 0.5) is 4.39 Å². The zero-order valence-corrected chi connectivity index (χ0v) is 9.38. The van der Waals surface area contributed by atoms with Crippen LogP contribution in [0.25, 0.3) is 16.7 Å². The summed E-state index contributed by atoms with van der Waals surface area (Å²) in [5, 5.41) is 0.667. The third kappa shape index (κ3) is 1.68. The van der Waals surface area contributed by atoms with Gasteiger partial charge in [-0.05, 0) is 36.4 Å². The summed E-state index contributed by atoms with van der Waals surface area (Å²) in [7, 11) is 0. The fourth-order valence-corrected chi connectivity index (χ4v) is 1.94. The summed E-state index contributed by atoms with van der Waals surface area (Å²) in [5.41, 5.74) is 0.454. The van der Waals surface area contributed by atoms with Gasteiger partial charge in [-0.25, -0.2) is 9.37 Å². The largest absolute Gasteiger partial charge is 0.269 e. The van der Waals surface area contributed by atoms with Gasteiger partial charge < -0.3 is 0 Å². The Balaban J connectivity index is 2.41. The Kier molecular flexibility index (Phi) is 2.41. The van der Waals surface area contributed by atoms with Gasteiger partial charge >= 0.3 is 0 Å². The van der Waals surface area contributed by atoms with Crippen LogP contribution in [-0.4, -0.2) is 9.55 Å². The maximum absolute atomic E-state index is 13.2. The van der Waals surface area contributed by atoms with Gasteiger partial charge in [0, 0.05) is 17.6 Å². The van der Waals surface area contributed by atoms with Gasteiger partial charge in [-0.1, -0.05) is 6.07 Å². The van der Waals surface area contributed by atoms with E-state index in [1.54, 1.807) is 36.5 Å². The second kappa shape index (κ2) is 4.07. The average Bonchev–Trinajstić information content (AvgIpc) is 2.40. The van der Waals surface area contributed by atoms with Crippen molar-refractivity contribution in [3.8, 4) is 5.82 Å². The second-order valence-electron chi connectivity index (χ2n) is 3.90. The lowest BCUT2D eigenvalue weighted by molar-refractivity contribution is 0.629. The highest BCUT2D eigenvalue weighted by Crippen LogP contribution is 2.16. The number of rotatable bonds is 1. The van der Waals surface area contributed by atoms with Gasteiger partial charge in [0.1, 0.15) is 11.6 Å². The molecule has 2 aromatic heterocycles. The smallest absolute Gasteiger partial charge is 0.256 e. The summed E-state index contributed by atoms with van der Waals surface area (Å²) in [4.78, 5) is 16.1. The molecule has 18 heavy (non-hydrogen) atoms. The molecule has 0 aliphatic rings. The molecule has 0 atom stereocenters. The highest BCUT2D eigenvalue weighted by atomic mass is 19.1. The van der Waals surface area contributed by atoms with E-state index in [4.69, 9.17) is 0 Å². The van der Waals surface area contributed by atoms with E-state index in [2.05, 4.69) is 4.98 Å². The van der Waals surface area contributed by atoms with Crippen molar-refractivity contribution in [1.29, 1.82) is 0 Å². The van der Waals surface area contributed by atoms with Crippen LogP contribution < -0.4 is 5.56 Å². The fraction of sp³-hybridized carbons (Fsp3) is 0. The molecule has 0 aliphatic carbocycles. The molecule has 3 nitrogen and oxygen atoms in total. The molecule has 0 spiro atoms. The molecule has 2 heterocycles. The first-order valence-corrected chi connectivity index (χ1v) is 5.48. The lowest BCUT2D eigenvalue weighted by Crippen LogP contribution is -2.18. The van der Waals surface area contributed by atoms with Gasteiger partial charge in [0.05, 0.1) is 5.52 Å². The second-order valence-corrected chi connectivity index (χ2v) is 3.90. The van der Waals surface area contributed by atoms with Crippen molar-refractivity contribution in [2.45, 2.75) is 0 Å². The zero-order valence-electron chi connectivity index (χ0n) is 9.38. The van der Waals surface area contributed by atoms with Crippen molar-refractivity contribution in [3.05, 3.63) is 70.9 Å². The number of hydrogen-bond donors (Lipinski definition) is 0. The highest BCUT2D eigenvalue weighted by molar-refractivity contribution is 5.80. The SMILES string of the molecule is O=c1ccc2cc(F)ccc2n1-c1ccccn1. The molecule has 0 unspecified atom stereocenters. The normalized spacial score (nSPS) is 10.7. The molecule has 0 bridgehead atoms. The predicted octanol–water partition coefficient (Wildman–Crippen LogP) is 2.52. The molecule has 0 aliphatic heterocycles. The molecule has 0 radical (unpaired) electrons. The van der Waals surface area contributed by atoms with Crippen LogP contribution >= 0.6 is 0 Å². The lowest BCUT2D eigenvalue weighted by Gasteiger charge is -2.08. The molecule has 0 saturated carbocycles. The minimum Gasteiger partial charge on any atom is -0.269 e. The standard InChI is InChI=1S/C14H9FN2O/c15-11-5-6-12-10(9-11)4-7-14(18)17(12)13-3-1-2-8-16-13/h1-9H. The summed E-state index contributed by atoms with van der Waals surface area (Å²) in [6.07, 6.45) is 1.62. The molecule has 0 N–H and O–H groups in total. The quantitative estimate of drug-likeness (QED) is 0.655. The van der Waals surface area contributed by atoms with Crippen LogP contribution in [0.15, 0.2) is 59.5 Å². The Morgan fingerprint density at radius 2 is 1.94 bits per heavy atom. The first-order chi connectivity index (χ1) is 8.75. The summed E-state index contributed by atoms with van der Waals surface area (Å²) in [6, 6.07) is 12.7. The van der Waals surface area contributed by atoms with Crippen LogP contribution in [0.3, 0.4) is 0 Å². The monoisotopic (exact) mass is 240 g/mol. The van der Waals surface area contributed by atoms with Gasteiger partial charge in [-0.2, -0.15) is 0 Å². The number of benzene rings is 1. The van der Waals surface area contributed by atoms with Crippen molar-refractivity contribution in [2.75, 3.05) is 0 Å². The van der Waals surface area contributed by atoms with Crippen molar-refractivity contribution in [1.82, 2.24) is 9.55 Å². The maximum atomic E-state index is 13.2. The van der Waals surface area contributed by atoms with Crippen LogP contribution in [0.5, 0.6) is 0 Å². The van der Waals surface area contributed by atoms with Crippen LogP contribution in [-0.2, 0) is 0 Å². The van der Waals surface area contributed by atoms with Crippen molar-refractivity contribution in [2.24, 2.45) is 0 Å². The third-order valence-electron chi connectivity index (χ3n) is 2.73. The van der Waals surface area contributed by atoms with E-state index in [-0.39, 0.29) is 11.4 Å². The number of halogens is 1. The third-order valence-corrected chi connectivity index (χ3v) is 2.73. The molecule has 1 aromatic carbocycles. The van der Waals surface area contributed by atoms with E-state index in [1.807, 2.05) is 0 Å². The van der Waals surface area contributed by atoms with Gasteiger partial charge in [0.25, 0.3) is 5.56 Å². The van der Waals surface area contributed by atoms with E-state index in [0.29, 0.717) is 16.7 Å². The Bertz CT molecular complexity index is 766. The Labute approximate surface area is 102 Å². The van der Waals surface area contributed by atoms with E-state index in [9.17, 15) is 9.18 Å². The number of aromatic nitrogens is 2. The van der Waals surface area contributed by atoms with Crippen LogP contribution in [0, 0.1) is 5.82 Å². The van der Waals surface area contributed by atoms with Gasteiger partial charge in [0.15, 0.2) is 0 Å². The summed E-state index contributed by atoms with van der Waals surface area (Å²) < 4.78 is 14.6. The Morgan fingerprint density at radius 3 is 2.72 bits per heavy atom. The van der Waals surface area contributed by atoms with Gasteiger partial charge in [-0.3, -0.25) is 9.36 Å². The first kappa shape index (κ1) is 10.7. The summed E-state index contributed by atoms with van der Waals surface area (Å²) >= 11 is 0. The van der Waals surface area contributed by atoms with Crippen molar-refractivity contribution >= 4 is 10.9 Å². The summed E-state index contributed by atoms with van der Waals surface area (Å²) in [5.74, 6) is 0.202. The molecule has 3 rings (SSSR count). The number of nitrogens with zero attached hydrogens (tertiary/aromatic N) is 2. The van der Waals surface area contributed by atoms with E-state index in [1.165, 1.54) is 22.8 Å². The molecular formula is C14H9FN2O. The van der Waals surface area contributed by atoms with Crippen molar-refractivity contribution in [3.63, 3.8) is 0 Å².